The standard InChI is InChI=1S/C44H29N/c1-2-12-30(13-3-1)40-28-34-29-41(37-17-7-9-19-39(37)44(34)38-18-8-6-16-36(38)40)31-24-26-35(27-25-31)45-42-20-10-4-14-32(42)22-23-33-15-5-11-21-43(33)45/h1-29H. The molecule has 1 nitrogen and oxygen atoms in total. The maximum atomic E-state index is 2.39. The van der Waals surface area contributed by atoms with Crippen LogP contribution >= 0.6 is 0 Å². The lowest BCUT2D eigenvalue weighted by Gasteiger charge is -2.27. The predicted octanol–water partition coefficient (Wildman–Crippen LogP) is 12.4. The Bertz CT molecular complexity index is 2370. The number of fused-ring (bicyclic) bond motifs is 7. The molecule has 8 aromatic rings. The van der Waals surface area contributed by atoms with Crippen LogP contribution in [0.5, 0.6) is 0 Å². The molecular formula is C44H29N. The summed E-state index contributed by atoms with van der Waals surface area (Å²) in [5.41, 5.74) is 10.9. The van der Waals surface area contributed by atoms with E-state index in [1.54, 1.807) is 0 Å². The van der Waals surface area contributed by atoms with E-state index < -0.39 is 0 Å². The van der Waals surface area contributed by atoms with Crippen LogP contribution in [0.3, 0.4) is 0 Å². The lowest BCUT2D eigenvalue weighted by molar-refractivity contribution is 1.28. The molecule has 1 aliphatic heterocycles. The number of anilines is 3. The summed E-state index contributed by atoms with van der Waals surface area (Å²) in [6.07, 6.45) is 4.44. The molecule has 0 N–H and O–H groups in total. The lowest BCUT2D eigenvalue weighted by atomic mass is 9.87. The van der Waals surface area contributed by atoms with Gasteiger partial charge in [-0.2, -0.15) is 0 Å². The highest BCUT2D eigenvalue weighted by atomic mass is 15.1. The van der Waals surface area contributed by atoms with Gasteiger partial charge in [-0.15, -0.1) is 0 Å². The highest BCUT2D eigenvalue weighted by Gasteiger charge is 2.20. The Morgan fingerprint density at radius 3 is 1.36 bits per heavy atom. The third-order valence-electron chi connectivity index (χ3n) is 9.18. The number of nitrogens with zero attached hydrogens (tertiary/aromatic N) is 1. The van der Waals surface area contributed by atoms with Crippen molar-refractivity contribution in [2.75, 3.05) is 4.90 Å². The van der Waals surface area contributed by atoms with Crippen molar-refractivity contribution >= 4 is 61.5 Å². The molecule has 0 aliphatic carbocycles. The quantitative estimate of drug-likeness (QED) is 0.191. The normalized spacial score (nSPS) is 12.3. The summed E-state index contributed by atoms with van der Waals surface area (Å²) >= 11 is 0. The molecule has 0 saturated heterocycles. The van der Waals surface area contributed by atoms with Gasteiger partial charge < -0.3 is 4.90 Å². The first-order valence-corrected chi connectivity index (χ1v) is 15.5. The van der Waals surface area contributed by atoms with Crippen molar-refractivity contribution in [2.45, 2.75) is 0 Å². The van der Waals surface area contributed by atoms with Gasteiger partial charge in [-0.1, -0.05) is 140 Å². The summed E-state index contributed by atoms with van der Waals surface area (Å²) in [7, 11) is 0. The number of rotatable bonds is 3. The average Bonchev–Trinajstić information content (AvgIpc) is 3.28. The molecule has 1 heteroatoms. The van der Waals surface area contributed by atoms with Crippen LogP contribution in [-0.4, -0.2) is 0 Å². The van der Waals surface area contributed by atoms with Gasteiger partial charge in [0.25, 0.3) is 0 Å². The predicted molar refractivity (Wildman–Crippen MR) is 193 cm³/mol. The molecule has 1 aliphatic rings. The first-order chi connectivity index (χ1) is 22.3. The molecule has 9 rings (SSSR count). The van der Waals surface area contributed by atoms with Crippen LogP contribution in [0.25, 0.3) is 66.7 Å². The van der Waals surface area contributed by atoms with Crippen LogP contribution < -0.4 is 4.90 Å². The van der Waals surface area contributed by atoms with Gasteiger partial charge in [-0.25, -0.2) is 0 Å². The molecule has 0 radical (unpaired) electrons. The molecule has 1 heterocycles. The Morgan fingerprint density at radius 1 is 0.356 bits per heavy atom. The molecule has 0 unspecified atom stereocenters. The smallest absolute Gasteiger partial charge is 0.0534 e. The number of para-hydroxylation sites is 2. The first kappa shape index (κ1) is 25.6. The van der Waals surface area contributed by atoms with Crippen molar-refractivity contribution in [1.82, 2.24) is 0 Å². The molecule has 0 atom stereocenters. The van der Waals surface area contributed by atoms with E-state index in [9.17, 15) is 0 Å². The van der Waals surface area contributed by atoms with Gasteiger partial charge in [0.2, 0.25) is 0 Å². The molecule has 0 saturated carbocycles. The van der Waals surface area contributed by atoms with Gasteiger partial charge in [0.15, 0.2) is 0 Å². The Kier molecular flexibility index (Phi) is 5.89. The van der Waals surface area contributed by atoms with E-state index in [0.717, 1.165) is 5.69 Å². The van der Waals surface area contributed by atoms with E-state index in [-0.39, 0.29) is 0 Å². The van der Waals surface area contributed by atoms with E-state index in [4.69, 9.17) is 0 Å². The zero-order valence-corrected chi connectivity index (χ0v) is 24.7. The number of hydrogen-bond donors (Lipinski definition) is 0. The maximum Gasteiger partial charge on any atom is 0.0534 e. The topological polar surface area (TPSA) is 3.24 Å². The van der Waals surface area contributed by atoms with Crippen LogP contribution in [0.1, 0.15) is 11.1 Å². The Balaban J connectivity index is 1.25. The molecular weight excluding hydrogens is 542 g/mol. The average molecular weight is 572 g/mol. The van der Waals surface area contributed by atoms with Crippen molar-refractivity contribution in [2.24, 2.45) is 0 Å². The van der Waals surface area contributed by atoms with Crippen molar-refractivity contribution in [1.29, 1.82) is 0 Å². The first-order valence-electron chi connectivity index (χ1n) is 15.5. The summed E-state index contributed by atoms with van der Waals surface area (Å²) in [6.45, 7) is 0. The largest absolute Gasteiger partial charge is 0.309 e. The second-order valence-corrected chi connectivity index (χ2v) is 11.7. The molecule has 0 spiro atoms. The van der Waals surface area contributed by atoms with E-state index in [1.165, 1.54) is 77.1 Å². The third-order valence-corrected chi connectivity index (χ3v) is 9.18. The third kappa shape index (κ3) is 4.17. The van der Waals surface area contributed by atoms with Crippen molar-refractivity contribution < 1.29 is 0 Å². The Morgan fingerprint density at radius 2 is 0.800 bits per heavy atom. The SMILES string of the molecule is C1=Cc2ccccc2N(c2ccc(-c3cc4cc(-c5ccccc5)c5ccccc5c4c4ccccc34)cc2)c2ccccc21. The lowest BCUT2D eigenvalue weighted by Crippen LogP contribution is -2.11. The molecule has 45 heavy (non-hydrogen) atoms. The molecule has 0 amide bonds. The monoisotopic (exact) mass is 571 g/mol. The van der Waals surface area contributed by atoms with Crippen LogP contribution in [0.4, 0.5) is 17.1 Å². The Hall–Kier alpha value is -5.92. The molecule has 8 aromatic carbocycles. The molecule has 0 aromatic heterocycles. The van der Waals surface area contributed by atoms with Crippen molar-refractivity contribution in [3.8, 4) is 22.3 Å². The van der Waals surface area contributed by atoms with Crippen molar-refractivity contribution in [3.63, 3.8) is 0 Å². The van der Waals surface area contributed by atoms with Crippen LogP contribution in [0, 0.1) is 0 Å². The zero-order valence-electron chi connectivity index (χ0n) is 24.7. The van der Waals surface area contributed by atoms with Gasteiger partial charge in [-0.3, -0.25) is 0 Å². The van der Waals surface area contributed by atoms with E-state index in [1.807, 2.05) is 0 Å². The second kappa shape index (κ2) is 10.4. The van der Waals surface area contributed by atoms with E-state index in [2.05, 4.69) is 181 Å². The molecule has 0 bridgehead atoms. The van der Waals surface area contributed by atoms with E-state index >= 15 is 0 Å². The highest BCUT2D eigenvalue weighted by Crippen LogP contribution is 2.44. The fourth-order valence-corrected chi connectivity index (χ4v) is 7.12. The fraction of sp³-hybridized carbons (Fsp3) is 0. The summed E-state index contributed by atoms with van der Waals surface area (Å²) in [4.78, 5) is 2.38. The summed E-state index contributed by atoms with van der Waals surface area (Å²) in [6, 6.07) is 59.6. The van der Waals surface area contributed by atoms with E-state index in [0.29, 0.717) is 0 Å². The summed E-state index contributed by atoms with van der Waals surface area (Å²) in [5.74, 6) is 0. The van der Waals surface area contributed by atoms with Crippen LogP contribution in [0.15, 0.2) is 164 Å². The zero-order chi connectivity index (χ0) is 29.7. The maximum absolute atomic E-state index is 2.39. The van der Waals surface area contributed by atoms with Gasteiger partial charge in [-0.05, 0) is 102 Å². The van der Waals surface area contributed by atoms with Gasteiger partial charge >= 0.3 is 0 Å². The molecule has 210 valence electrons. The summed E-state index contributed by atoms with van der Waals surface area (Å²) in [5, 5.41) is 7.69. The fourth-order valence-electron chi connectivity index (χ4n) is 7.12. The van der Waals surface area contributed by atoms with Crippen LogP contribution in [0.2, 0.25) is 0 Å². The minimum Gasteiger partial charge on any atom is -0.309 e. The Labute approximate surface area is 262 Å². The van der Waals surface area contributed by atoms with Gasteiger partial charge in [0.1, 0.15) is 0 Å². The van der Waals surface area contributed by atoms with Gasteiger partial charge in [0, 0.05) is 5.69 Å². The highest BCUT2D eigenvalue weighted by molar-refractivity contribution is 6.25. The number of benzene rings is 8. The number of hydrogen-bond acceptors (Lipinski definition) is 1. The minimum atomic E-state index is 1.14. The summed E-state index contributed by atoms with van der Waals surface area (Å²) < 4.78 is 0. The van der Waals surface area contributed by atoms with Crippen LogP contribution in [-0.2, 0) is 0 Å². The van der Waals surface area contributed by atoms with Gasteiger partial charge in [0.05, 0.1) is 11.4 Å². The minimum absolute atomic E-state index is 1.14. The second-order valence-electron chi connectivity index (χ2n) is 11.7. The molecule has 0 fully saturated rings. The van der Waals surface area contributed by atoms with Crippen molar-refractivity contribution in [3.05, 3.63) is 175 Å².